The average molecular weight is 237 g/mol. The minimum Gasteiger partial charge on any atom is -0.496 e. The number of nitrogens with one attached hydrogen (secondary N) is 1. The van der Waals surface area contributed by atoms with E-state index in [9.17, 15) is 0 Å². The first-order valence-corrected chi connectivity index (χ1v) is 6.19. The van der Waals surface area contributed by atoms with Gasteiger partial charge in [0, 0.05) is 24.8 Å². The summed E-state index contributed by atoms with van der Waals surface area (Å²) in [7, 11) is 1.69. The van der Waals surface area contributed by atoms with Gasteiger partial charge in [0.25, 0.3) is 0 Å². The number of methoxy groups -OCH3 is 1. The smallest absolute Gasteiger partial charge is 0.123 e. The number of hydrogen-bond acceptors (Lipinski definition) is 3. The van der Waals surface area contributed by atoms with Gasteiger partial charge in [0.05, 0.1) is 7.11 Å². The summed E-state index contributed by atoms with van der Waals surface area (Å²) in [6.45, 7) is 5.22. The van der Waals surface area contributed by atoms with Gasteiger partial charge in [-0.15, -0.1) is 0 Å². The highest BCUT2D eigenvalue weighted by molar-refractivity contribution is 5.36. The van der Waals surface area contributed by atoms with E-state index >= 15 is 0 Å². The summed E-state index contributed by atoms with van der Waals surface area (Å²) in [4.78, 5) is 0. The second kappa shape index (κ2) is 7.30. The van der Waals surface area contributed by atoms with E-state index in [4.69, 9.17) is 9.84 Å². The zero-order valence-corrected chi connectivity index (χ0v) is 11.0. The Hall–Kier alpha value is -1.06. The van der Waals surface area contributed by atoms with Crippen LogP contribution in [0.3, 0.4) is 0 Å². The fraction of sp³-hybridized carbons (Fsp3) is 0.571. The predicted octanol–water partition coefficient (Wildman–Crippen LogP) is 2.25. The number of aryl methyl sites for hydroxylation is 1. The summed E-state index contributed by atoms with van der Waals surface area (Å²) in [5.74, 6) is 0.918. The van der Waals surface area contributed by atoms with Gasteiger partial charge in [-0.2, -0.15) is 0 Å². The maximum absolute atomic E-state index is 8.95. The molecule has 1 unspecified atom stereocenters. The first-order valence-electron chi connectivity index (χ1n) is 6.19. The highest BCUT2D eigenvalue weighted by Gasteiger charge is 2.07. The third-order valence-electron chi connectivity index (χ3n) is 2.99. The van der Waals surface area contributed by atoms with E-state index in [1.807, 2.05) is 12.1 Å². The van der Waals surface area contributed by atoms with E-state index < -0.39 is 0 Å². The van der Waals surface area contributed by atoms with Crippen molar-refractivity contribution in [3.8, 4) is 5.75 Å². The molecule has 0 amide bonds. The molecule has 0 saturated carbocycles. The predicted molar refractivity (Wildman–Crippen MR) is 70.4 cm³/mol. The van der Waals surface area contributed by atoms with E-state index in [2.05, 4.69) is 25.2 Å². The Balaban J connectivity index is 2.63. The molecule has 2 N–H and O–H groups in total. The number of benzene rings is 1. The van der Waals surface area contributed by atoms with Gasteiger partial charge < -0.3 is 15.2 Å². The van der Waals surface area contributed by atoms with Crippen molar-refractivity contribution in [3.05, 3.63) is 29.3 Å². The van der Waals surface area contributed by atoms with Crippen LogP contribution in [0.1, 0.15) is 30.9 Å². The summed E-state index contributed by atoms with van der Waals surface area (Å²) in [5, 5.41) is 12.4. The minimum absolute atomic E-state index is 0.233. The molecule has 0 heterocycles. The molecular formula is C14H23NO2. The number of aliphatic hydroxyl groups excluding tert-OH is 1. The molecule has 96 valence electrons. The Morgan fingerprint density at radius 2 is 2.18 bits per heavy atom. The van der Waals surface area contributed by atoms with Gasteiger partial charge in [-0.25, -0.2) is 0 Å². The lowest BCUT2D eigenvalue weighted by Crippen LogP contribution is -2.29. The maximum atomic E-state index is 8.95. The number of hydrogen-bond donors (Lipinski definition) is 2. The molecule has 0 aromatic heterocycles. The van der Waals surface area contributed by atoms with Crippen LogP contribution >= 0.6 is 0 Å². The summed E-state index contributed by atoms with van der Waals surface area (Å²) in [5.41, 5.74) is 2.40. The topological polar surface area (TPSA) is 41.5 Å². The van der Waals surface area contributed by atoms with Gasteiger partial charge in [-0.3, -0.25) is 0 Å². The van der Waals surface area contributed by atoms with Crippen molar-refractivity contribution < 1.29 is 9.84 Å². The lowest BCUT2D eigenvalue weighted by Gasteiger charge is -2.17. The van der Waals surface area contributed by atoms with Gasteiger partial charge >= 0.3 is 0 Å². The van der Waals surface area contributed by atoms with Crippen molar-refractivity contribution in [3.63, 3.8) is 0 Å². The van der Waals surface area contributed by atoms with E-state index in [0.717, 1.165) is 25.1 Å². The standard InChI is InChI=1S/C14H23NO2/c1-4-13(7-8-16)15-10-12-9-11(2)5-6-14(12)17-3/h5-6,9,13,15-16H,4,7-8,10H2,1-3H3. The van der Waals surface area contributed by atoms with Crippen molar-refractivity contribution in [1.29, 1.82) is 0 Å². The molecule has 1 aromatic rings. The average Bonchev–Trinajstić information content (AvgIpc) is 2.34. The lowest BCUT2D eigenvalue weighted by atomic mass is 10.1. The fourth-order valence-electron chi connectivity index (χ4n) is 1.91. The summed E-state index contributed by atoms with van der Waals surface area (Å²) >= 11 is 0. The normalized spacial score (nSPS) is 12.5. The fourth-order valence-corrected chi connectivity index (χ4v) is 1.91. The Labute approximate surface area is 104 Å². The molecule has 1 atom stereocenters. The first kappa shape index (κ1) is 14.0. The van der Waals surface area contributed by atoms with Crippen LogP contribution in [0.15, 0.2) is 18.2 Å². The van der Waals surface area contributed by atoms with E-state index in [1.54, 1.807) is 7.11 Å². The van der Waals surface area contributed by atoms with Crippen molar-refractivity contribution in [2.75, 3.05) is 13.7 Å². The third kappa shape index (κ3) is 4.36. The molecule has 3 heteroatoms. The molecule has 0 radical (unpaired) electrons. The van der Waals surface area contributed by atoms with Crippen LogP contribution in [-0.2, 0) is 6.54 Å². The van der Waals surface area contributed by atoms with Gasteiger partial charge in [0.1, 0.15) is 5.75 Å². The molecule has 0 fully saturated rings. The highest BCUT2D eigenvalue weighted by Crippen LogP contribution is 2.19. The number of rotatable bonds is 7. The van der Waals surface area contributed by atoms with Crippen LogP contribution in [-0.4, -0.2) is 24.9 Å². The molecule has 0 spiro atoms. The largest absolute Gasteiger partial charge is 0.496 e. The zero-order valence-electron chi connectivity index (χ0n) is 11.0. The van der Waals surface area contributed by atoms with Crippen molar-refractivity contribution in [1.82, 2.24) is 5.32 Å². The van der Waals surface area contributed by atoms with Crippen molar-refractivity contribution >= 4 is 0 Å². The first-order chi connectivity index (χ1) is 8.21. The Bertz CT molecular complexity index is 339. The van der Waals surface area contributed by atoms with Crippen LogP contribution in [0, 0.1) is 6.92 Å². The molecule has 1 aromatic carbocycles. The van der Waals surface area contributed by atoms with Gasteiger partial charge in [-0.05, 0) is 25.8 Å². The third-order valence-corrected chi connectivity index (χ3v) is 2.99. The Morgan fingerprint density at radius 1 is 1.41 bits per heavy atom. The lowest BCUT2D eigenvalue weighted by molar-refractivity contribution is 0.261. The van der Waals surface area contributed by atoms with Crippen LogP contribution in [0.4, 0.5) is 0 Å². The molecule has 0 aliphatic carbocycles. The maximum Gasteiger partial charge on any atom is 0.123 e. The Morgan fingerprint density at radius 3 is 2.76 bits per heavy atom. The van der Waals surface area contributed by atoms with Gasteiger partial charge in [-0.1, -0.05) is 24.6 Å². The number of ether oxygens (including phenoxy) is 1. The molecule has 0 bridgehead atoms. The monoisotopic (exact) mass is 237 g/mol. The molecular weight excluding hydrogens is 214 g/mol. The molecule has 0 aliphatic rings. The van der Waals surface area contributed by atoms with Gasteiger partial charge in [0.2, 0.25) is 0 Å². The Kier molecular flexibility index (Phi) is 6.01. The quantitative estimate of drug-likeness (QED) is 0.764. The van der Waals surface area contributed by atoms with E-state index in [0.29, 0.717) is 6.04 Å². The zero-order chi connectivity index (χ0) is 12.7. The molecule has 17 heavy (non-hydrogen) atoms. The van der Waals surface area contributed by atoms with Crippen molar-refractivity contribution in [2.45, 2.75) is 39.3 Å². The second-order valence-electron chi connectivity index (χ2n) is 4.31. The molecule has 0 aliphatic heterocycles. The highest BCUT2D eigenvalue weighted by atomic mass is 16.5. The van der Waals surface area contributed by atoms with Crippen molar-refractivity contribution in [2.24, 2.45) is 0 Å². The van der Waals surface area contributed by atoms with Gasteiger partial charge in [0.15, 0.2) is 0 Å². The summed E-state index contributed by atoms with van der Waals surface area (Å²) in [6, 6.07) is 6.55. The number of aliphatic hydroxyl groups is 1. The SMILES string of the molecule is CCC(CCO)NCc1cc(C)ccc1OC. The summed E-state index contributed by atoms with van der Waals surface area (Å²) in [6.07, 6.45) is 1.82. The van der Waals surface area contributed by atoms with E-state index in [1.165, 1.54) is 11.1 Å². The second-order valence-corrected chi connectivity index (χ2v) is 4.31. The molecule has 3 nitrogen and oxygen atoms in total. The summed E-state index contributed by atoms with van der Waals surface area (Å²) < 4.78 is 5.34. The van der Waals surface area contributed by atoms with E-state index in [-0.39, 0.29) is 6.61 Å². The van der Waals surface area contributed by atoms with Crippen LogP contribution in [0.25, 0.3) is 0 Å². The van der Waals surface area contributed by atoms with Crippen LogP contribution in [0.2, 0.25) is 0 Å². The van der Waals surface area contributed by atoms with Crippen LogP contribution in [0.5, 0.6) is 5.75 Å². The minimum atomic E-state index is 0.233. The molecule has 0 saturated heterocycles. The van der Waals surface area contributed by atoms with Crippen LogP contribution < -0.4 is 10.1 Å². The molecule has 1 rings (SSSR count).